The largest absolute Gasteiger partial charge is 0.315 e. The molecule has 0 aromatic heterocycles. The lowest BCUT2D eigenvalue weighted by Crippen LogP contribution is -2.28. The Morgan fingerprint density at radius 3 is 1.92 bits per heavy atom. The van der Waals surface area contributed by atoms with E-state index in [9.17, 15) is 0 Å². The molecule has 2 aliphatic rings. The van der Waals surface area contributed by atoms with E-state index in [0.717, 1.165) is 36.3 Å². The van der Waals surface area contributed by atoms with Crippen LogP contribution in [0, 0.1) is 0 Å². The molecule has 0 saturated carbocycles. The van der Waals surface area contributed by atoms with Crippen molar-refractivity contribution in [2.75, 3.05) is 4.90 Å². The Hall–Kier alpha value is -8.00. The van der Waals surface area contributed by atoms with Crippen molar-refractivity contribution in [2.45, 2.75) is 30.6 Å². The molecule has 2 aliphatic carbocycles. The fourth-order valence-electron chi connectivity index (χ4n) is 11.2. The number of allylic oxidation sites excluding steroid dienone is 3. The van der Waals surface area contributed by atoms with Gasteiger partial charge in [0.1, 0.15) is 0 Å². The van der Waals surface area contributed by atoms with Gasteiger partial charge in [0.15, 0.2) is 0 Å². The first-order valence-electron chi connectivity index (χ1n) is 23.3. The van der Waals surface area contributed by atoms with Crippen molar-refractivity contribution in [3.05, 3.63) is 287 Å². The van der Waals surface area contributed by atoms with Gasteiger partial charge in [-0.15, -0.1) is 0 Å². The maximum absolute atomic E-state index is 4.85. The molecule has 1 nitrogen and oxygen atoms in total. The molecule has 314 valence electrons. The van der Waals surface area contributed by atoms with Crippen molar-refractivity contribution in [2.24, 2.45) is 0 Å². The van der Waals surface area contributed by atoms with E-state index in [1.807, 2.05) is 0 Å². The third-order valence-corrected chi connectivity index (χ3v) is 14.3. The van der Waals surface area contributed by atoms with Crippen LogP contribution in [-0.2, 0) is 11.8 Å². The van der Waals surface area contributed by atoms with Gasteiger partial charge in [0.05, 0.1) is 5.41 Å². The van der Waals surface area contributed by atoms with E-state index in [-0.39, 0.29) is 0 Å². The highest BCUT2D eigenvalue weighted by Crippen LogP contribution is 2.57. The molecule has 0 N–H and O–H groups in total. The highest BCUT2D eigenvalue weighted by Gasteiger charge is 2.46. The summed E-state index contributed by atoms with van der Waals surface area (Å²) < 4.78 is 0. The van der Waals surface area contributed by atoms with E-state index in [0.29, 0.717) is 5.92 Å². The summed E-state index contributed by atoms with van der Waals surface area (Å²) in [4.78, 5) is 2.40. The summed E-state index contributed by atoms with van der Waals surface area (Å²) in [7, 11) is 0. The van der Waals surface area contributed by atoms with Gasteiger partial charge in [0.25, 0.3) is 0 Å². The van der Waals surface area contributed by atoms with Crippen molar-refractivity contribution < 1.29 is 0 Å². The molecule has 0 radical (unpaired) electrons. The Morgan fingerprint density at radius 2 is 1.15 bits per heavy atom. The number of anilines is 2. The van der Waals surface area contributed by atoms with Crippen molar-refractivity contribution >= 4 is 55.8 Å². The van der Waals surface area contributed by atoms with E-state index >= 15 is 0 Å². The predicted octanol–water partition coefficient (Wildman–Crippen LogP) is 17.0. The second kappa shape index (κ2) is 16.5. The Balaban J connectivity index is 0.921. The lowest BCUT2D eigenvalue weighted by atomic mass is 9.68. The minimum absolute atomic E-state index is 0.307. The molecule has 0 bridgehead atoms. The first-order chi connectivity index (χ1) is 32.6. The van der Waals surface area contributed by atoms with Gasteiger partial charge >= 0.3 is 0 Å². The summed E-state index contributed by atoms with van der Waals surface area (Å²) in [5.41, 5.74) is 15.8. The third-order valence-electron chi connectivity index (χ3n) is 14.3. The summed E-state index contributed by atoms with van der Waals surface area (Å²) in [6.07, 6.45) is 12.0. The second-order valence-corrected chi connectivity index (χ2v) is 18.0. The number of hydrogen-bond donors (Lipinski definition) is 0. The Bertz CT molecular complexity index is 3480. The summed E-state index contributed by atoms with van der Waals surface area (Å²) >= 11 is 0. The normalized spacial score (nSPS) is 14.6. The van der Waals surface area contributed by atoms with Crippen LogP contribution in [0.2, 0.25) is 0 Å². The number of benzene rings is 10. The molecule has 0 amide bonds. The Labute approximate surface area is 388 Å². The molecule has 0 aliphatic heterocycles. The van der Waals surface area contributed by atoms with Crippen LogP contribution in [0.3, 0.4) is 0 Å². The van der Waals surface area contributed by atoms with E-state index < -0.39 is 5.41 Å². The maximum Gasteiger partial charge on any atom is 0.0713 e. The van der Waals surface area contributed by atoms with Gasteiger partial charge in [-0.3, -0.25) is 0 Å². The van der Waals surface area contributed by atoms with Crippen molar-refractivity contribution in [1.29, 1.82) is 0 Å². The van der Waals surface area contributed by atoms with Gasteiger partial charge in [0, 0.05) is 23.0 Å². The minimum atomic E-state index is -0.452. The molecule has 10 aromatic carbocycles. The number of rotatable bonds is 10. The van der Waals surface area contributed by atoms with E-state index in [1.54, 1.807) is 0 Å². The lowest BCUT2D eigenvalue weighted by molar-refractivity contribution is 0.768. The van der Waals surface area contributed by atoms with Crippen LogP contribution in [0.1, 0.15) is 63.3 Å². The van der Waals surface area contributed by atoms with Gasteiger partial charge in [-0.1, -0.05) is 219 Å². The highest BCUT2D eigenvalue weighted by atomic mass is 15.1. The maximum atomic E-state index is 4.85. The van der Waals surface area contributed by atoms with Gasteiger partial charge in [-0.2, -0.15) is 0 Å². The Morgan fingerprint density at radius 1 is 0.530 bits per heavy atom. The summed E-state index contributed by atoms with van der Waals surface area (Å²) in [5.74, 6) is 0.307. The smallest absolute Gasteiger partial charge is 0.0713 e. The SMILES string of the molecule is C=C(CC/C=C/c1cc2ccccc2c2ccccc12)N(c1ccc(C2C=Cc3c(ccc4ccccc34)C2)cc1)c1ccc2c(c1)-c1ccccc1C2(c1ccccc1)c1ccccc1. The van der Waals surface area contributed by atoms with Crippen LogP contribution in [0.4, 0.5) is 11.4 Å². The molecule has 0 spiro atoms. The van der Waals surface area contributed by atoms with Gasteiger partial charge in [0.2, 0.25) is 0 Å². The number of nitrogens with zero attached hydrogens (tertiary/aromatic N) is 1. The summed E-state index contributed by atoms with van der Waals surface area (Å²) in [6, 6.07) is 80.6. The molecule has 10 aromatic rings. The fourth-order valence-corrected chi connectivity index (χ4v) is 11.2. The third kappa shape index (κ3) is 6.62. The molecular formula is C65H49N. The standard InChI is InChI=1S/C65H49N/c1-45(18-8-9-20-49-43-50-21-11-13-27-57(50)60-29-15-14-28-58(49)60)66(54-37-34-46(35-38-54)48-36-40-59-51(42-48)33-32-47-19-10-12-26-56(47)59)55-39-41-64-62(44-55)61-30-16-17-31-63(61)65(64,52-22-4-2-5-23-52)53-24-6-3-7-25-53/h2-7,9-17,19-41,43-44,48H,1,8,18,42H2/b20-9+. The zero-order valence-electron chi connectivity index (χ0n) is 36.9. The molecule has 0 fully saturated rings. The molecule has 1 heteroatoms. The molecule has 0 heterocycles. The average Bonchev–Trinajstić information content (AvgIpc) is 3.68. The van der Waals surface area contributed by atoms with Crippen LogP contribution in [0.5, 0.6) is 0 Å². The zero-order valence-corrected chi connectivity index (χ0v) is 36.9. The molecule has 66 heavy (non-hydrogen) atoms. The van der Waals surface area contributed by atoms with Gasteiger partial charge < -0.3 is 4.90 Å². The van der Waals surface area contributed by atoms with Crippen LogP contribution in [0.15, 0.2) is 243 Å². The lowest BCUT2D eigenvalue weighted by Gasteiger charge is -2.34. The fraction of sp³-hybridized carbons (Fsp3) is 0.0769. The molecule has 1 unspecified atom stereocenters. The van der Waals surface area contributed by atoms with Crippen LogP contribution in [-0.4, -0.2) is 0 Å². The van der Waals surface area contributed by atoms with Crippen LogP contribution < -0.4 is 4.90 Å². The average molecular weight is 844 g/mol. The van der Waals surface area contributed by atoms with Crippen molar-refractivity contribution in [3.63, 3.8) is 0 Å². The topological polar surface area (TPSA) is 3.24 Å². The van der Waals surface area contributed by atoms with Crippen molar-refractivity contribution in [3.8, 4) is 11.1 Å². The summed E-state index contributed by atoms with van der Waals surface area (Å²) in [6.45, 7) is 4.85. The van der Waals surface area contributed by atoms with E-state index in [4.69, 9.17) is 6.58 Å². The Kier molecular flexibility index (Phi) is 9.91. The number of fused-ring (bicyclic) bond motifs is 9. The quantitative estimate of drug-likeness (QED) is 0.124. The van der Waals surface area contributed by atoms with Gasteiger partial charge in [-0.25, -0.2) is 0 Å². The first kappa shape index (κ1) is 39.6. The predicted molar refractivity (Wildman–Crippen MR) is 281 cm³/mol. The zero-order chi connectivity index (χ0) is 44.0. The number of hydrogen-bond acceptors (Lipinski definition) is 1. The van der Waals surface area contributed by atoms with Crippen molar-refractivity contribution in [1.82, 2.24) is 0 Å². The highest BCUT2D eigenvalue weighted by molar-refractivity contribution is 6.10. The van der Waals surface area contributed by atoms with E-state index in [2.05, 4.69) is 248 Å². The second-order valence-electron chi connectivity index (χ2n) is 18.0. The molecule has 12 rings (SSSR count). The van der Waals surface area contributed by atoms with Crippen LogP contribution in [0.25, 0.3) is 55.6 Å². The van der Waals surface area contributed by atoms with Crippen LogP contribution >= 0.6 is 0 Å². The molecule has 0 saturated heterocycles. The first-order valence-corrected chi connectivity index (χ1v) is 23.3. The minimum Gasteiger partial charge on any atom is -0.315 e. The molecular weight excluding hydrogens is 795 g/mol. The molecule has 1 atom stereocenters. The monoisotopic (exact) mass is 843 g/mol. The summed E-state index contributed by atoms with van der Waals surface area (Å²) in [5, 5.41) is 7.74. The van der Waals surface area contributed by atoms with E-state index in [1.165, 1.54) is 88.0 Å². The van der Waals surface area contributed by atoms with Gasteiger partial charge in [-0.05, 0) is 138 Å².